The number of nitrogens with one attached hydrogen (secondary N) is 1. The lowest BCUT2D eigenvalue weighted by molar-refractivity contribution is -0.138. The van der Waals surface area contributed by atoms with Crippen molar-refractivity contribution >= 4 is 23.2 Å². The number of anilines is 1. The Bertz CT molecular complexity index is 862. The molecule has 1 amide bonds. The van der Waals surface area contributed by atoms with Gasteiger partial charge in [0.2, 0.25) is 0 Å². The van der Waals surface area contributed by atoms with Gasteiger partial charge in [-0.3, -0.25) is 4.79 Å². The second-order valence-corrected chi connectivity index (χ2v) is 4.87. The van der Waals surface area contributed by atoms with E-state index in [1.165, 1.54) is 6.07 Å². The molecule has 0 spiro atoms. The summed E-state index contributed by atoms with van der Waals surface area (Å²) in [7, 11) is 0. The van der Waals surface area contributed by atoms with E-state index >= 15 is 0 Å². The minimum absolute atomic E-state index is 0.369. The van der Waals surface area contributed by atoms with E-state index < -0.39 is 45.5 Å². The van der Waals surface area contributed by atoms with Crippen molar-refractivity contribution in [2.24, 2.45) is 0 Å². The molecule has 0 radical (unpaired) electrons. The number of hydrogen-bond donors (Lipinski definition) is 2. The van der Waals surface area contributed by atoms with Crippen LogP contribution in [0.4, 0.5) is 23.2 Å². The Hall–Kier alpha value is -2.86. The third kappa shape index (κ3) is 3.55. The maximum atomic E-state index is 13.1. The molecule has 0 unspecified atom stereocenters. The molecule has 0 saturated carbocycles. The number of aromatic nitrogens is 1. The lowest BCUT2D eigenvalue weighted by Gasteiger charge is -2.11. The van der Waals surface area contributed by atoms with Gasteiger partial charge in [0.25, 0.3) is 5.91 Å². The third-order valence-corrected chi connectivity index (χ3v) is 3.13. The van der Waals surface area contributed by atoms with Gasteiger partial charge in [0.1, 0.15) is 17.6 Å². The number of rotatable bonds is 2. The van der Waals surface area contributed by atoms with Crippen LogP contribution in [0.5, 0.6) is 5.75 Å². The van der Waals surface area contributed by atoms with Crippen molar-refractivity contribution in [3.8, 4) is 11.8 Å². The van der Waals surface area contributed by atoms with Crippen molar-refractivity contribution in [2.45, 2.75) is 6.18 Å². The van der Waals surface area contributed by atoms with Crippen molar-refractivity contribution in [3.05, 3.63) is 52.1 Å². The van der Waals surface area contributed by atoms with Gasteiger partial charge in [0, 0.05) is 6.07 Å². The predicted molar refractivity (Wildman–Crippen MR) is 75.0 cm³/mol. The number of benzene rings is 1. The SMILES string of the molecule is N#Cc1ncc(NC(=O)c2cc(Cl)c(F)cc2O)cc1C(F)(F)F. The molecule has 2 aromatic rings. The molecule has 0 aliphatic rings. The number of pyridine rings is 1. The largest absolute Gasteiger partial charge is 0.507 e. The van der Waals surface area contributed by atoms with Crippen molar-refractivity contribution < 1.29 is 27.5 Å². The fourth-order valence-electron chi connectivity index (χ4n) is 1.75. The number of phenolic OH excluding ortho intramolecular Hbond substituents is 1. The average Bonchev–Trinajstić information content (AvgIpc) is 2.49. The van der Waals surface area contributed by atoms with Crippen molar-refractivity contribution in [2.75, 3.05) is 5.32 Å². The number of phenols is 1. The minimum atomic E-state index is -4.85. The number of nitriles is 1. The molecule has 2 N–H and O–H groups in total. The van der Waals surface area contributed by atoms with E-state index in [4.69, 9.17) is 16.9 Å². The number of halogens is 5. The van der Waals surface area contributed by atoms with Gasteiger partial charge in [0.15, 0.2) is 5.69 Å². The molecule has 0 saturated heterocycles. The molecule has 1 heterocycles. The van der Waals surface area contributed by atoms with Crippen LogP contribution in [0.3, 0.4) is 0 Å². The van der Waals surface area contributed by atoms with E-state index in [0.717, 1.165) is 12.3 Å². The monoisotopic (exact) mass is 359 g/mol. The van der Waals surface area contributed by atoms with Crippen molar-refractivity contribution in [1.82, 2.24) is 4.98 Å². The van der Waals surface area contributed by atoms with Crippen LogP contribution in [-0.2, 0) is 6.18 Å². The minimum Gasteiger partial charge on any atom is -0.507 e. The fraction of sp³-hybridized carbons (Fsp3) is 0.0714. The van der Waals surface area contributed by atoms with E-state index in [0.29, 0.717) is 12.1 Å². The van der Waals surface area contributed by atoms with Crippen LogP contribution in [0, 0.1) is 17.1 Å². The highest BCUT2D eigenvalue weighted by Crippen LogP contribution is 2.33. The van der Waals surface area contributed by atoms with E-state index in [2.05, 4.69) is 10.3 Å². The lowest BCUT2D eigenvalue weighted by Crippen LogP contribution is -2.15. The van der Waals surface area contributed by atoms with Crippen LogP contribution in [-0.4, -0.2) is 16.0 Å². The number of nitrogens with zero attached hydrogens (tertiary/aromatic N) is 2. The second kappa shape index (κ2) is 6.33. The summed E-state index contributed by atoms with van der Waals surface area (Å²) >= 11 is 5.49. The Kier molecular flexibility index (Phi) is 4.61. The third-order valence-electron chi connectivity index (χ3n) is 2.84. The summed E-state index contributed by atoms with van der Waals surface area (Å²) in [6, 6.07) is 3.23. The zero-order valence-corrected chi connectivity index (χ0v) is 12.2. The number of hydrogen-bond acceptors (Lipinski definition) is 4. The Labute approximate surface area is 137 Å². The predicted octanol–water partition coefficient (Wildman–Crippen LogP) is 3.72. The quantitative estimate of drug-likeness (QED) is 0.800. The van der Waals surface area contributed by atoms with Crippen LogP contribution in [0.25, 0.3) is 0 Å². The summed E-state index contributed by atoms with van der Waals surface area (Å²) in [5.41, 5.74) is -3.00. The average molecular weight is 360 g/mol. The van der Waals surface area contributed by atoms with Crippen LogP contribution < -0.4 is 5.32 Å². The standard InChI is InChI=1S/C14H6ClF4N3O2/c15-9-2-7(12(23)3-10(9)16)13(24)22-6-1-8(14(17,18)19)11(4-20)21-5-6/h1-3,5,23H,(H,22,24). The van der Waals surface area contributed by atoms with E-state index in [1.54, 1.807) is 0 Å². The van der Waals surface area contributed by atoms with E-state index in [9.17, 15) is 27.5 Å². The fourth-order valence-corrected chi connectivity index (χ4v) is 1.92. The Morgan fingerprint density at radius 3 is 2.58 bits per heavy atom. The summed E-state index contributed by atoms with van der Waals surface area (Å²) in [5, 5.41) is 19.8. The van der Waals surface area contributed by atoms with Gasteiger partial charge < -0.3 is 10.4 Å². The number of carbonyl (C=O) groups is 1. The normalized spacial score (nSPS) is 11.0. The Morgan fingerprint density at radius 2 is 2.00 bits per heavy atom. The first-order valence-corrected chi connectivity index (χ1v) is 6.48. The Balaban J connectivity index is 2.37. The molecule has 24 heavy (non-hydrogen) atoms. The number of alkyl halides is 3. The maximum Gasteiger partial charge on any atom is 0.419 e. The molecule has 0 bridgehead atoms. The topological polar surface area (TPSA) is 86.0 Å². The molecule has 0 fully saturated rings. The van der Waals surface area contributed by atoms with Gasteiger partial charge in [0.05, 0.1) is 28.0 Å². The summed E-state index contributed by atoms with van der Waals surface area (Å²) in [4.78, 5) is 15.3. The molecule has 2 rings (SSSR count). The van der Waals surface area contributed by atoms with Crippen molar-refractivity contribution in [3.63, 3.8) is 0 Å². The first-order valence-electron chi connectivity index (χ1n) is 6.10. The molecular formula is C14H6ClF4N3O2. The highest BCUT2D eigenvalue weighted by atomic mass is 35.5. The van der Waals surface area contributed by atoms with Crippen LogP contribution >= 0.6 is 11.6 Å². The molecule has 0 aliphatic carbocycles. The Morgan fingerprint density at radius 1 is 1.33 bits per heavy atom. The van der Waals surface area contributed by atoms with Crippen molar-refractivity contribution in [1.29, 1.82) is 5.26 Å². The number of carbonyl (C=O) groups excluding carboxylic acids is 1. The molecule has 0 atom stereocenters. The van der Waals surface area contributed by atoms with Gasteiger partial charge in [-0.2, -0.15) is 18.4 Å². The molecule has 1 aromatic carbocycles. The van der Waals surface area contributed by atoms with Gasteiger partial charge in [-0.25, -0.2) is 9.37 Å². The highest BCUT2D eigenvalue weighted by Gasteiger charge is 2.35. The van der Waals surface area contributed by atoms with E-state index in [-0.39, 0.29) is 5.69 Å². The number of amides is 1. The van der Waals surface area contributed by atoms with Gasteiger partial charge in [-0.15, -0.1) is 0 Å². The second-order valence-electron chi connectivity index (χ2n) is 4.47. The summed E-state index contributed by atoms with van der Waals surface area (Å²) in [5.74, 6) is -2.74. The van der Waals surface area contributed by atoms with E-state index in [1.807, 2.05) is 0 Å². The smallest absolute Gasteiger partial charge is 0.419 e. The van der Waals surface area contributed by atoms with Crippen LogP contribution in [0.1, 0.15) is 21.6 Å². The molecule has 0 aliphatic heterocycles. The molecule has 5 nitrogen and oxygen atoms in total. The summed E-state index contributed by atoms with van der Waals surface area (Å²) in [6.07, 6.45) is -4.01. The summed E-state index contributed by atoms with van der Waals surface area (Å²) < 4.78 is 51.6. The molecule has 1 aromatic heterocycles. The van der Waals surface area contributed by atoms with Crippen LogP contribution in [0.2, 0.25) is 5.02 Å². The zero-order chi connectivity index (χ0) is 18.1. The molecular weight excluding hydrogens is 354 g/mol. The molecule has 10 heteroatoms. The number of aromatic hydroxyl groups is 1. The summed E-state index contributed by atoms with van der Waals surface area (Å²) in [6.45, 7) is 0. The van der Waals surface area contributed by atoms with Gasteiger partial charge >= 0.3 is 6.18 Å². The maximum absolute atomic E-state index is 13.1. The first-order chi connectivity index (χ1) is 11.1. The van der Waals surface area contributed by atoms with Gasteiger partial charge in [-0.05, 0) is 12.1 Å². The molecule has 124 valence electrons. The zero-order valence-electron chi connectivity index (χ0n) is 11.4. The first kappa shape index (κ1) is 17.5. The van der Waals surface area contributed by atoms with Crippen LogP contribution in [0.15, 0.2) is 24.4 Å². The lowest BCUT2D eigenvalue weighted by atomic mass is 10.1. The van der Waals surface area contributed by atoms with Gasteiger partial charge in [-0.1, -0.05) is 11.6 Å². The highest BCUT2D eigenvalue weighted by molar-refractivity contribution is 6.31.